The molecular weight excluding hydrogens is 499 g/mol. The molecule has 1 N–H and O–H groups in total. The summed E-state index contributed by atoms with van der Waals surface area (Å²) >= 11 is 12.0. The van der Waals surface area contributed by atoms with Crippen LogP contribution < -0.4 is 0 Å². The largest absolute Gasteiger partial charge is 0.385 e. The highest BCUT2D eigenvalue weighted by molar-refractivity contribution is 7.89. The SMILES string of the molecule is Cc1cc(S(=O)(=O)N(C)CCOCC(=O)N2CCC(O)(c3ccc(Cl)cc3)CC2)c(C)cc1Cl. The quantitative estimate of drug-likeness (QED) is 0.527. The standard InChI is InChI=1S/C24H30Cl2N2O5S/c1-17-15-22(18(2)14-21(17)26)34(31,32)27(3)12-13-33-16-23(29)28-10-8-24(30,9-11-28)19-4-6-20(25)7-5-19/h4-7,14-15,30H,8-13,16H2,1-3H3. The van der Waals surface area contributed by atoms with Crippen molar-refractivity contribution in [2.24, 2.45) is 0 Å². The van der Waals surface area contributed by atoms with Gasteiger partial charge in [0, 0.05) is 36.7 Å². The molecule has 0 unspecified atom stereocenters. The number of amides is 1. The van der Waals surface area contributed by atoms with E-state index in [2.05, 4.69) is 0 Å². The first-order valence-electron chi connectivity index (χ1n) is 11.0. The van der Waals surface area contributed by atoms with Gasteiger partial charge in [-0.05, 0) is 67.6 Å². The van der Waals surface area contributed by atoms with Crippen molar-refractivity contribution in [3.63, 3.8) is 0 Å². The van der Waals surface area contributed by atoms with Gasteiger partial charge in [-0.1, -0.05) is 35.3 Å². The first-order valence-corrected chi connectivity index (χ1v) is 13.2. The third kappa shape index (κ3) is 6.11. The second-order valence-corrected chi connectivity index (χ2v) is 11.5. The first kappa shape index (κ1) is 26.9. The number of likely N-dealkylation sites (N-methyl/N-ethyl adjacent to an activating group) is 1. The Morgan fingerprint density at radius 3 is 2.35 bits per heavy atom. The molecule has 1 aliphatic heterocycles. The van der Waals surface area contributed by atoms with Crippen molar-refractivity contribution in [2.45, 2.75) is 37.2 Å². The van der Waals surface area contributed by atoms with E-state index < -0.39 is 15.6 Å². The Balaban J connectivity index is 1.46. The molecule has 7 nitrogen and oxygen atoms in total. The zero-order chi connectivity index (χ0) is 25.1. The van der Waals surface area contributed by atoms with Crippen LogP contribution in [0.2, 0.25) is 10.0 Å². The van der Waals surface area contributed by atoms with Crippen LogP contribution in [0.4, 0.5) is 0 Å². The fraction of sp³-hybridized carbons (Fsp3) is 0.458. The lowest BCUT2D eigenvalue weighted by Crippen LogP contribution is -2.46. The average molecular weight is 529 g/mol. The van der Waals surface area contributed by atoms with Crippen molar-refractivity contribution in [1.29, 1.82) is 0 Å². The van der Waals surface area contributed by atoms with E-state index >= 15 is 0 Å². The summed E-state index contributed by atoms with van der Waals surface area (Å²) in [5.74, 6) is -0.187. The normalized spacial score (nSPS) is 16.1. The topological polar surface area (TPSA) is 87.2 Å². The van der Waals surface area contributed by atoms with Gasteiger partial charge in [-0.3, -0.25) is 4.79 Å². The Kier molecular flexibility index (Phi) is 8.65. The minimum Gasteiger partial charge on any atom is -0.385 e. The number of halogens is 2. The summed E-state index contributed by atoms with van der Waals surface area (Å²) in [6.45, 7) is 4.31. The second kappa shape index (κ2) is 10.9. The summed E-state index contributed by atoms with van der Waals surface area (Å²) in [6.07, 6.45) is 0.836. The number of aryl methyl sites for hydroxylation is 2. The van der Waals surface area contributed by atoms with Crippen LogP contribution in [-0.2, 0) is 25.2 Å². The van der Waals surface area contributed by atoms with Crippen molar-refractivity contribution < 1.29 is 23.1 Å². The number of hydrogen-bond donors (Lipinski definition) is 1. The third-order valence-electron chi connectivity index (χ3n) is 6.25. The van der Waals surface area contributed by atoms with Crippen molar-refractivity contribution in [3.8, 4) is 0 Å². The molecule has 3 rings (SSSR count). The Morgan fingerprint density at radius 1 is 1.12 bits per heavy atom. The lowest BCUT2D eigenvalue weighted by atomic mass is 9.84. The van der Waals surface area contributed by atoms with Crippen molar-refractivity contribution in [3.05, 3.63) is 63.1 Å². The second-order valence-electron chi connectivity index (χ2n) is 8.67. The monoisotopic (exact) mass is 528 g/mol. The molecule has 0 radical (unpaired) electrons. The Labute approximate surface area is 211 Å². The maximum atomic E-state index is 12.9. The number of hydrogen-bond acceptors (Lipinski definition) is 5. The fourth-order valence-corrected chi connectivity index (χ4v) is 5.73. The summed E-state index contributed by atoms with van der Waals surface area (Å²) in [5.41, 5.74) is 1.06. The minimum absolute atomic E-state index is 0.0790. The predicted octanol–water partition coefficient (Wildman–Crippen LogP) is 3.76. The molecule has 1 amide bonds. The van der Waals surface area contributed by atoms with E-state index in [0.717, 1.165) is 5.56 Å². The number of aliphatic hydroxyl groups is 1. The molecule has 0 atom stereocenters. The fourth-order valence-electron chi connectivity index (χ4n) is 3.94. The van der Waals surface area contributed by atoms with Crippen LogP contribution in [0.5, 0.6) is 0 Å². The molecule has 2 aromatic carbocycles. The van der Waals surface area contributed by atoms with Gasteiger partial charge in [-0.25, -0.2) is 8.42 Å². The molecular formula is C24H30Cl2N2O5S. The molecule has 10 heteroatoms. The number of piperidine rings is 1. The molecule has 1 saturated heterocycles. The van der Waals surface area contributed by atoms with E-state index in [1.165, 1.54) is 11.4 Å². The molecule has 2 aromatic rings. The Bertz CT molecular complexity index is 1130. The van der Waals surface area contributed by atoms with Gasteiger partial charge in [-0.15, -0.1) is 0 Å². The number of sulfonamides is 1. The molecule has 0 aliphatic carbocycles. The van der Waals surface area contributed by atoms with Gasteiger partial charge in [-0.2, -0.15) is 4.31 Å². The van der Waals surface area contributed by atoms with Crippen LogP contribution >= 0.6 is 23.2 Å². The van der Waals surface area contributed by atoms with Crippen LogP contribution in [0.15, 0.2) is 41.3 Å². The van der Waals surface area contributed by atoms with E-state index in [-0.39, 0.29) is 30.6 Å². The smallest absolute Gasteiger partial charge is 0.248 e. The van der Waals surface area contributed by atoms with Crippen LogP contribution in [0, 0.1) is 13.8 Å². The summed E-state index contributed by atoms with van der Waals surface area (Å²) in [4.78, 5) is 14.4. The van der Waals surface area contributed by atoms with Crippen molar-refractivity contribution in [1.82, 2.24) is 9.21 Å². The summed E-state index contributed by atoms with van der Waals surface area (Å²) in [6, 6.07) is 10.3. The number of ether oxygens (including phenoxy) is 1. The number of carbonyl (C=O) groups is 1. The van der Waals surface area contributed by atoms with Crippen LogP contribution in [0.25, 0.3) is 0 Å². The van der Waals surface area contributed by atoms with Gasteiger partial charge >= 0.3 is 0 Å². The van der Waals surface area contributed by atoms with E-state index in [1.807, 2.05) is 0 Å². The highest BCUT2D eigenvalue weighted by Crippen LogP contribution is 2.33. The molecule has 34 heavy (non-hydrogen) atoms. The molecule has 0 bridgehead atoms. The average Bonchev–Trinajstić information content (AvgIpc) is 2.79. The Morgan fingerprint density at radius 2 is 1.74 bits per heavy atom. The summed E-state index contributed by atoms with van der Waals surface area (Å²) in [7, 11) is -2.23. The van der Waals surface area contributed by atoms with Gasteiger partial charge < -0.3 is 14.7 Å². The van der Waals surface area contributed by atoms with Gasteiger partial charge in [0.1, 0.15) is 6.61 Å². The molecule has 1 aliphatic rings. The van der Waals surface area contributed by atoms with E-state index in [0.29, 0.717) is 47.1 Å². The first-order chi connectivity index (χ1) is 15.9. The number of carbonyl (C=O) groups excluding carboxylic acids is 1. The number of likely N-dealkylation sites (tertiary alicyclic amines) is 1. The maximum absolute atomic E-state index is 12.9. The number of nitrogens with zero attached hydrogens (tertiary/aromatic N) is 2. The highest BCUT2D eigenvalue weighted by atomic mass is 35.5. The minimum atomic E-state index is -3.71. The maximum Gasteiger partial charge on any atom is 0.248 e. The van der Waals surface area contributed by atoms with Crippen LogP contribution in [0.3, 0.4) is 0 Å². The zero-order valence-corrected chi connectivity index (χ0v) is 21.9. The lowest BCUT2D eigenvalue weighted by Gasteiger charge is -2.38. The van der Waals surface area contributed by atoms with Crippen molar-refractivity contribution >= 4 is 39.1 Å². The molecule has 186 valence electrons. The van der Waals surface area contributed by atoms with Crippen molar-refractivity contribution in [2.75, 3.05) is 39.9 Å². The summed E-state index contributed by atoms with van der Waals surface area (Å²) in [5, 5.41) is 12.1. The number of benzene rings is 2. The van der Waals surface area contributed by atoms with Gasteiger partial charge in [0.15, 0.2) is 0 Å². The van der Waals surface area contributed by atoms with Crippen LogP contribution in [-0.4, -0.2) is 68.5 Å². The van der Waals surface area contributed by atoms with E-state index in [4.69, 9.17) is 27.9 Å². The summed E-state index contributed by atoms with van der Waals surface area (Å²) < 4.78 is 32.5. The zero-order valence-electron chi connectivity index (χ0n) is 19.6. The highest BCUT2D eigenvalue weighted by Gasteiger charge is 2.35. The van der Waals surface area contributed by atoms with Gasteiger partial charge in [0.05, 0.1) is 17.1 Å². The lowest BCUT2D eigenvalue weighted by molar-refractivity contribution is -0.140. The van der Waals surface area contributed by atoms with Gasteiger partial charge in [0.25, 0.3) is 0 Å². The van der Waals surface area contributed by atoms with E-state index in [1.54, 1.807) is 55.1 Å². The molecule has 0 spiro atoms. The third-order valence-corrected chi connectivity index (χ3v) is 8.90. The molecule has 1 heterocycles. The molecule has 0 aromatic heterocycles. The molecule has 0 saturated carbocycles. The predicted molar refractivity (Wildman–Crippen MR) is 133 cm³/mol. The molecule has 1 fully saturated rings. The number of rotatable bonds is 8. The van der Waals surface area contributed by atoms with Crippen LogP contribution in [0.1, 0.15) is 29.5 Å². The van der Waals surface area contributed by atoms with E-state index in [9.17, 15) is 18.3 Å². The van der Waals surface area contributed by atoms with Gasteiger partial charge in [0.2, 0.25) is 15.9 Å². The Hall–Kier alpha value is -1.68.